The second-order valence-electron chi connectivity index (χ2n) is 5.57. The molecule has 2 N–H and O–H groups in total. The highest BCUT2D eigenvalue weighted by Crippen LogP contribution is 2.20. The topological polar surface area (TPSA) is 69.6 Å². The van der Waals surface area contributed by atoms with Crippen molar-refractivity contribution in [1.82, 2.24) is 10.2 Å². The van der Waals surface area contributed by atoms with Gasteiger partial charge in [0.15, 0.2) is 0 Å². The standard InChI is InChI=1S/C15H19FN2O3/c1-15(21)5-7-18(8-6-15)13(19)10-17-14(20)11-3-2-4-12(16)9-11/h2-4,9,21H,5-8,10H2,1H3,(H,17,20). The molecule has 0 aliphatic carbocycles. The molecule has 2 amide bonds. The molecule has 0 unspecified atom stereocenters. The molecule has 0 spiro atoms. The van der Waals surface area contributed by atoms with Crippen LogP contribution in [0.3, 0.4) is 0 Å². The van der Waals surface area contributed by atoms with E-state index in [1.807, 2.05) is 0 Å². The van der Waals surface area contributed by atoms with Crippen molar-refractivity contribution in [3.8, 4) is 0 Å². The van der Waals surface area contributed by atoms with Crippen LogP contribution in [0.25, 0.3) is 0 Å². The van der Waals surface area contributed by atoms with Gasteiger partial charge in [-0.2, -0.15) is 0 Å². The molecule has 0 atom stereocenters. The monoisotopic (exact) mass is 294 g/mol. The van der Waals surface area contributed by atoms with Crippen LogP contribution >= 0.6 is 0 Å². The van der Waals surface area contributed by atoms with E-state index in [1.165, 1.54) is 18.2 Å². The van der Waals surface area contributed by atoms with Crippen molar-refractivity contribution in [2.75, 3.05) is 19.6 Å². The zero-order valence-corrected chi connectivity index (χ0v) is 11.9. The summed E-state index contributed by atoms with van der Waals surface area (Å²) in [5, 5.41) is 12.3. The highest BCUT2D eigenvalue weighted by molar-refractivity contribution is 5.96. The molecule has 1 aromatic carbocycles. The van der Waals surface area contributed by atoms with E-state index in [4.69, 9.17) is 0 Å². The van der Waals surface area contributed by atoms with Crippen LogP contribution in [-0.2, 0) is 4.79 Å². The molecule has 0 bridgehead atoms. The summed E-state index contributed by atoms with van der Waals surface area (Å²) in [7, 11) is 0. The normalized spacial score (nSPS) is 17.4. The van der Waals surface area contributed by atoms with Gasteiger partial charge in [0.25, 0.3) is 5.91 Å². The lowest BCUT2D eigenvalue weighted by atomic mass is 9.94. The van der Waals surface area contributed by atoms with Crippen LogP contribution in [0.1, 0.15) is 30.1 Å². The number of nitrogens with zero attached hydrogens (tertiary/aromatic N) is 1. The van der Waals surface area contributed by atoms with E-state index in [-0.39, 0.29) is 18.0 Å². The molecule has 1 heterocycles. The minimum atomic E-state index is -0.721. The molecule has 1 aromatic rings. The Kier molecular flexibility index (Phi) is 4.57. The van der Waals surface area contributed by atoms with E-state index in [1.54, 1.807) is 11.8 Å². The maximum atomic E-state index is 13.0. The van der Waals surface area contributed by atoms with Gasteiger partial charge in [0.1, 0.15) is 5.82 Å². The van der Waals surface area contributed by atoms with Crippen LogP contribution in [0, 0.1) is 5.82 Å². The summed E-state index contributed by atoms with van der Waals surface area (Å²) in [5.41, 5.74) is -0.536. The Morgan fingerprint density at radius 2 is 2.05 bits per heavy atom. The van der Waals surface area contributed by atoms with Gasteiger partial charge in [-0.15, -0.1) is 0 Å². The van der Waals surface area contributed by atoms with Crippen molar-refractivity contribution in [3.63, 3.8) is 0 Å². The Morgan fingerprint density at radius 1 is 1.38 bits per heavy atom. The number of halogens is 1. The Hall–Kier alpha value is -1.95. The average Bonchev–Trinajstić information content (AvgIpc) is 2.44. The predicted octanol–water partition coefficient (Wildman–Crippen LogP) is 0.929. The minimum absolute atomic E-state index is 0.127. The van der Waals surface area contributed by atoms with Crippen molar-refractivity contribution >= 4 is 11.8 Å². The van der Waals surface area contributed by atoms with Crippen LogP contribution < -0.4 is 5.32 Å². The van der Waals surface area contributed by atoms with Gasteiger partial charge in [0, 0.05) is 18.7 Å². The van der Waals surface area contributed by atoms with E-state index in [9.17, 15) is 19.1 Å². The molecule has 6 heteroatoms. The number of benzene rings is 1. The molecule has 114 valence electrons. The van der Waals surface area contributed by atoms with Gasteiger partial charge in [-0.1, -0.05) is 6.07 Å². The van der Waals surface area contributed by atoms with Crippen molar-refractivity contribution in [3.05, 3.63) is 35.6 Å². The summed E-state index contributed by atoms with van der Waals surface area (Å²) in [6.07, 6.45) is 1.05. The van der Waals surface area contributed by atoms with Crippen molar-refractivity contribution < 1.29 is 19.1 Å². The molecule has 0 saturated carbocycles. The highest BCUT2D eigenvalue weighted by Gasteiger charge is 2.29. The number of hydrogen-bond acceptors (Lipinski definition) is 3. The maximum Gasteiger partial charge on any atom is 0.251 e. The third-order valence-electron chi connectivity index (χ3n) is 3.68. The molecule has 21 heavy (non-hydrogen) atoms. The minimum Gasteiger partial charge on any atom is -0.390 e. The van der Waals surface area contributed by atoms with Gasteiger partial charge in [-0.3, -0.25) is 9.59 Å². The van der Waals surface area contributed by atoms with Crippen LogP contribution in [0.15, 0.2) is 24.3 Å². The molecular formula is C15H19FN2O3. The molecule has 1 aliphatic rings. The molecule has 0 radical (unpaired) electrons. The summed E-state index contributed by atoms with van der Waals surface area (Å²) in [4.78, 5) is 25.4. The van der Waals surface area contributed by atoms with Gasteiger partial charge in [-0.25, -0.2) is 4.39 Å². The molecule has 5 nitrogen and oxygen atoms in total. The lowest BCUT2D eigenvalue weighted by molar-refractivity contribution is -0.133. The van der Waals surface area contributed by atoms with Gasteiger partial charge >= 0.3 is 0 Å². The Balaban J connectivity index is 1.83. The first-order valence-electron chi connectivity index (χ1n) is 6.91. The summed E-state index contributed by atoms with van der Waals surface area (Å²) >= 11 is 0. The van der Waals surface area contributed by atoms with E-state index >= 15 is 0 Å². The molecule has 1 aliphatic heterocycles. The van der Waals surface area contributed by atoms with Gasteiger partial charge in [-0.05, 0) is 38.0 Å². The second kappa shape index (κ2) is 6.22. The highest BCUT2D eigenvalue weighted by atomic mass is 19.1. The number of piperidine rings is 1. The van der Waals surface area contributed by atoms with E-state index in [2.05, 4.69) is 5.32 Å². The summed E-state index contributed by atoms with van der Waals surface area (Å²) in [6.45, 7) is 2.57. The number of carbonyl (C=O) groups excluding carboxylic acids is 2. The first-order valence-corrected chi connectivity index (χ1v) is 6.91. The van der Waals surface area contributed by atoms with Gasteiger partial charge in [0.05, 0.1) is 12.1 Å². The maximum absolute atomic E-state index is 13.0. The number of amides is 2. The van der Waals surface area contributed by atoms with Gasteiger partial charge in [0.2, 0.25) is 5.91 Å². The number of aliphatic hydroxyl groups is 1. The van der Waals surface area contributed by atoms with E-state index in [0.29, 0.717) is 25.9 Å². The average molecular weight is 294 g/mol. The molecule has 0 aromatic heterocycles. The summed E-state index contributed by atoms with van der Waals surface area (Å²) < 4.78 is 13.0. The summed E-state index contributed by atoms with van der Waals surface area (Å²) in [5.74, 6) is -1.17. The SMILES string of the molecule is CC1(O)CCN(C(=O)CNC(=O)c2cccc(F)c2)CC1. The number of hydrogen-bond donors (Lipinski definition) is 2. The van der Waals surface area contributed by atoms with Crippen molar-refractivity contribution in [1.29, 1.82) is 0 Å². The number of likely N-dealkylation sites (tertiary alicyclic amines) is 1. The van der Waals surface area contributed by atoms with E-state index in [0.717, 1.165) is 6.07 Å². The van der Waals surface area contributed by atoms with Crippen molar-refractivity contribution in [2.45, 2.75) is 25.4 Å². The fourth-order valence-electron chi connectivity index (χ4n) is 2.24. The number of rotatable bonds is 3. The first-order chi connectivity index (χ1) is 9.87. The fraction of sp³-hybridized carbons (Fsp3) is 0.467. The molecular weight excluding hydrogens is 275 g/mol. The van der Waals surface area contributed by atoms with Crippen LogP contribution in [0.4, 0.5) is 4.39 Å². The number of nitrogens with one attached hydrogen (secondary N) is 1. The van der Waals surface area contributed by atoms with E-state index < -0.39 is 17.3 Å². The van der Waals surface area contributed by atoms with Crippen molar-refractivity contribution in [2.24, 2.45) is 0 Å². The third-order valence-corrected chi connectivity index (χ3v) is 3.68. The van der Waals surface area contributed by atoms with Crippen LogP contribution in [-0.4, -0.2) is 47.1 Å². The lowest BCUT2D eigenvalue weighted by Gasteiger charge is -2.35. The Morgan fingerprint density at radius 3 is 2.67 bits per heavy atom. The zero-order chi connectivity index (χ0) is 15.5. The fourth-order valence-corrected chi connectivity index (χ4v) is 2.24. The van der Waals surface area contributed by atoms with Crippen LogP contribution in [0.2, 0.25) is 0 Å². The summed E-state index contributed by atoms with van der Waals surface area (Å²) in [6, 6.07) is 5.30. The number of carbonyl (C=O) groups is 2. The Bertz CT molecular complexity index is 535. The first kappa shape index (κ1) is 15.4. The third kappa shape index (κ3) is 4.26. The van der Waals surface area contributed by atoms with Gasteiger partial charge < -0.3 is 15.3 Å². The largest absolute Gasteiger partial charge is 0.390 e. The lowest BCUT2D eigenvalue weighted by Crippen LogP contribution is -2.48. The second-order valence-corrected chi connectivity index (χ2v) is 5.57. The predicted molar refractivity (Wildman–Crippen MR) is 75.2 cm³/mol. The van der Waals surface area contributed by atoms with Crippen LogP contribution in [0.5, 0.6) is 0 Å². The molecule has 2 rings (SSSR count). The smallest absolute Gasteiger partial charge is 0.251 e. The quantitative estimate of drug-likeness (QED) is 0.871. The molecule has 1 fully saturated rings. The Labute approximate surface area is 122 Å². The molecule has 1 saturated heterocycles. The zero-order valence-electron chi connectivity index (χ0n) is 11.9.